The van der Waals surface area contributed by atoms with Crippen LogP contribution in [0.25, 0.3) is 0 Å². The van der Waals surface area contributed by atoms with Gasteiger partial charge in [0.1, 0.15) is 10.8 Å². The number of hydrogen-bond acceptors (Lipinski definition) is 4. The fourth-order valence-electron chi connectivity index (χ4n) is 1.64. The van der Waals surface area contributed by atoms with E-state index >= 15 is 0 Å². The Bertz CT molecular complexity index is 625. The van der Waals surface area contributed by atoms with Gasteiger partial charge >= 0.3 is 0 Å². The first-order valence-corrected chi connectivity index (χ1v) is 7.17. The molecule has 0 saturated carbocycles. The van der Waals surface area contributed by atoms with Gasteiger partial charge in [0.05, 0.1) is 0 Å². The van der Waals surface area contributed by atoms with E-state index in [0.717, 1.165) is 11.4 Å². The van der Waals surface area contributed by atoms with Gasteiger partial charge in [-0.2, -0.15) is 0 Å². The molecule has 1 N–H and O–H groups in total. The predicted octanol–water partition coefficient (Wildman–Crippen LogP) is 3.44. The van der Waals surface area contributed by atoms with Gasteiger partial charge in [0.2, 0.25) is 5.13 Å². The van der Waals surface area contributed by atoms with Crippen LogP contribution in [0.3, 0.4) is 0 Å². The molecule has 2 aromatic rings. The minimum Gasteiger partial charge on any atom is -0.296 e. The minimum absolute atomic E-state index is 0.272. The third-order valence-electron chi connectivity index (χ3n) is 2.70. The molecule has 0 aliphatic heterocycles. The Labute approximate surface area is 121 Å². The average molecular weight is 293 g/mol. The van der Waals surface area contributed by atoms with Gasteiger partial charge in [0, 0.05) is 12.0 Å². The van der Waals surface area contributed by atoms with E-state index in [1.165, 1.54) is 17.4 Å². The van der Waals surface area contributed by atoms with Gasteiger partial charge in [-0.1, -0.05) is 31.3 Å². The Morgan fingerprint density at radius 3 is 2.80 bits per heavy atom. The number of benzene rings is 1. The molecule has 1 amide bonds. The molecule has 0 aliphatic carbocycles. The highest BCUT2D eigenvalue weighted by Gasteiger charge is 2.12. The number of nitrogens with zero attached hydrogens (tertiary/aromatic N) is 2. The van der Waals surface area contributed by atoms with E-state index < -0.39 is 5.82 Å². The van der Waals surface area contributed by atoms with Crippen molar-refractivity contribution in [3.63, 3.8) is 0 Å². The zero-order chi connectivity index (χ0) is 14.7. The van der Waals surface area contributed by atoms with Gasteiger partial charge in [-0.05, 0) is 30.5 Å². The Balaban J connectivity index is 2.07. The van der Waals surface area contributed by atoms with E-state index in [1.807, 2.05) is 0 Å². The molecule has 0 spiro atoms. The first-order chi connectivity index (χ1) is 9.45. The van der Waals surface area contributed by atoms with Crippen molar-refractivity contribution in [2.75, 3.05) is 5.32 Å². The molecule has 0 radical (unpaired) electrons. The highest BCUT2D eigenvalue weighted by Crippen LogP contribution is 2.19. The van der Waals surface area contributed by atoms with Crippen LogP contribution in [0.2, 0.25) is 0 Å². The van der Waals surface area contributed by atoms with Crippen molar-refractivity contribution < 1.29 is 9.18 Å². The SMILES string of the molecule is Cc1ccc(C(=O)Nc2nnc(CC(C)C)s2)cc1F. The molecule has 0 fully saturated rings. The van der Waals surface area contributed by atoms with Crippen LogP contribution in [0.5, 0.6) is 0 Å². The molecule has 1 aromatic heterocycles. The van der Waals surface area contributed by atoms with E-state index in [0.29, 0.717) is 16.6 Å². The molecule has 2 rings (SSSR count). The molecular formula is C14H16FN3OS. The highest BCUT2D eigenvalue weighted by atomic mass is 32.1. The topological polar surface area (TPSA) is 54.9 Å². The lowest BCUT2D eigenvalue weighted by atomic mass is 10.1. The smallest absolute Gasteiger partial charge is 0.257 e. The van der Waals surface area contributed by atoms with Crippen molar-refractivity contribution in [2.45, 2.75) is 27.2 Å². The lowest BCUT2D eigenvalue weighted by Gasteiger charge is -2.02. The van der Waals surface area contributed by atoms with Crippen LogP contribution in [-0.2, 0) is 6.42 Å². The van der Waals surface area contributed by atoms with Crippen LogP contribution in [-0.4, -0.2) is 16.1 Å². The van der Waals surface area contributed by atoms with Crippen molar-refractivity contribution in [2.24, 2.45) is 5.92 Å². The van der Waals surface area contributed by atoms with Crippen LogP contribution < -0.4 is 5.32 Å². The Morgan fingerprint density at radius 1 is 1.40 bits per heavy atom. The molecule has 0 atom stereocenters. The monoisotopic (exact) mass is 293 g/mol. The largest absolute Gasteiger partial charge is 0.296 e. The number of amides is 1. The summed E-state index contributed by atoms with van der Waals surface area (Å²) in [6.07, 6.45) is 0.826. The number of aryl methyl sites for hydroxylation is 1. The van der Waals surface area contributed by atoms with Crippen LogP contribution in [0.4, 0.5) is 9.52 Å². The maximum Gasteiger partial charge on any atom is 0.257 e. The van der Waals surface area contributed by atoms with Crippen molar-refractivity contribution in [3.05, 3.63) is 40.2 Å². The van der Waals surface area contributed by atoms with Gasteiger partial charge in [-0.15, -0.1) is 10.2 Å². The molecule has 106 valence electrons. The number of nitrogens with one attached hydrogen (secondary N) is 1. The first-order valence-electron chi connectivity index (χ1n) is 6.35. The van der Waals surface area contributed by atoms with Crippen molar-refractivity contribution >= 4 is 22.4 Å². The summed E-state index contributed by atoms with van der Waals surface area (Å²) in [5.41, 5.74) is 0.783. The molecule has 0 saturated heterocycles. The van der Waals surface area contributed by atoms with Crippen LogP contribution >= 0.6 is 11.3 Å². The normalized spacial score (nSPS) is 10.8. The van der Waals surface area contributed by atoms with Crippen LogP contribution in [0, 0.1) is 18.7 Å². The van der Waals surface area contributed by atoms with Crippen molar-refractivity contribution in [1.82, 2.24) is 10.2 Å². The average Bonchev–Trinajstić information content (AvgIpc) is 2.79. The standard InChI is InChI=1S/C14H16FN3OS/c1-8(2)6-12-17-18-14(20-12)16-13(19)10-5-4-9(3)11(15)7-10/h4-5,7-8H,6H2,1-3H3,(H,16,18,19). The van der Waals surface area contributed by atoms with E-state index in [-0.39, 0.29) is 11.5 Å². The molecule has 0 bridgehead atoms. The number of hydrogen-bond donors (Lipinski definition) is 1. The van der Waals surface area contributed by atoms with Crippen LogP contribution in [0.15, 0.2) is 18.2 Å². The van der Waals surface area contributed by atoms with E-state index in [1.54, 1.807) is 19.1 Å². The number of rotatable bonds is 4. The summed E-state index contributed by atoms with van der Waals surface area (Å²) in [6.45, 7) is 5.84. The molecule has 1 heterocycles. The van der Waals surface area contributed by atoms with Gasteiger partial charge < -0.3 is 0 Å². The maximum atomic E-state index is 13.4. The number of halogens is 1. The van der Waals surface area contributed by atoms with Gasteiger partial charge in [-0.3, -0.25) is 10.1 Å². The summed E-state index contributed by atoms with van der Waals surface area (Å²) in [5.74, 6) is -0.288. The van der Waals surface area contributed by atoms with Gasteiger partial charge in [0.15, 0.2) is 0 Å². The number of anilines is 1. The lowest BCUT2D eigenvalue weighted by Crippen LogP contribution is -2.12. The summed E-state index contributed by atoms with van der Waals surface area (Å²) in [4.78, 5) is 12.0. The molecule has 0 aliphatic rings. The highest BCUT2D eigenvalue weighted by molar-refractivity contribution is 7.15. The van der Waals surface area contributed by atoms with Crippen molar-refractivity contribution in [3.8, 4) is 0 Å². The maximum absolute atomic E-state index is 13.4. The first kappa shape index (κ1) is 14.6. The Kier molecular flexibility index (Phi) is 4.44. The van der Waals surface area contributed by atoms with Crippen molar-refractivity contribution in [1.29, 1.82) is 0 Å². The second-order valence-corrected chi connectivity index (χ2v) is 6.08. The van der Waals surface area contributed by atoms with E-state index in [2.05, 4.69) is 29.4 Å². The summed E-state index contributed by atoms with van der Waals surface area (Å²) >= 11 is 1.34. The third-order valence-corrected chi connectivity index (χ3v) is 3.57. The molecule has 4 nitrogen and oxygen atoms in total. The fraction of sp³-hybridized carbons (Fsp3) is 0.357. The lowest BCUT2D eigenvalue weighted by molar-refractivity contribution is 0.102. The summed E-state index contributed by atoms with van der Waals surface area (Å²) in [7, 11) is 0. The van der Waals surface area contributed by atoms with Gasteiger partial charge in [0.25, 0.3) is 5.91 Å². The number of carbonyl (C=O) groups excluding carboxylic acids is 1. The molecule has 0 unspecified atom stereocenters. The molecular weight excluding hydrogens is 277 g/mol. The second-order valence-electron chi connectivity index (χ2n) is 5.02. The molecule has 1 aromatic carbocycles. The number of carbonyl (C=O) groups is 1. The molecule has 6 heteroatoms. The zero-order valence-corrected chi connectivity index (χ0v) is 12.4. The Morgan fingerprint density at radius 2 is 2.15 bits per heavy atom. The Hall–Kier alpha value is -1.82. The summed E-state index contributed by atoms with van der Waals surface area (Å²) in [5, 5.41) is 11.9. The quantitative estimate of drug-likeness (QED) is 0.939. The third kappa shape index (κ3) is 3.60. The zero-order valence-electron chi connectivity index (χ0n) is 11.6. The van der Waals surface area contributed by atoms with Gasteiger partial charge in [-0.25, -0.2) is 4.39 Å². The summed E-state index contributed by atoms with van der Waals surface area (Å²) < 4.78 is 13.4. The predicted molar refractivity (Wildman–Crippen MR) is 77.5 cm³/mol. The minimum atomic E-state index is -0.393. The fourth-order valence-corrected chi connectivity index (χ4v) is 2.59. The summed E-state index contributed by atoms with van der Waals surface area (Å²) in [6, 6.07) is 4.39. The van der Waals surface area contributed by atoms with Crippen LogP contribution in [0.1, 0.15) is 34.8 Å². The number of aromatic nitrogens is 2. The second kappa shape index (κ2) is 6.09. The molecule has 20 heavy (non-hydrogen) atoms. The van der Waals surface area contributed by atoms with E-state index in [9.17, 15) is 9.18 Å². The van der Waals surface area contributed by atoms with E-state index in [4.69, 9.17) is 0 Å².